The van der Waals surface area contributed by atoms with Crippen molar-refractivity contribution < 1.29 is 4.79 Å². The molecule has 4 rings (SSSR count). The summed E-state index contributed by atoms with van der Waals surface area (Å²) in [5, 5.41) is 5.06. The SMILES string of the molecule is O=C(Nc1cccc2cc3ccccc3nc12)c1ccccc1. The van der Waals surface area contributed by atoms with Crippen molar-refractivity contribution in [1.82, 2.24) is 4.98 Å². The Hall–Kier alpha value is -3.20. The van der Waals surface area contributed by atoms with E-state index in [0.717, 1.165) is 27.5 Å². The molecule has 0 unspecified atom stereocenters. The van der Waals surface area contributed by atoms with Crippen molar-refractivity contribution in [2.45, 2.75) is 0 Å². The number of hydrogen-bond acceptors (Lipinski definition) is 2. The molecule has 0 atom stereocenters. The van der Waals surface area contributed by atoms with Crippen molar-refractivity contribution in [2.75, 3.05) is 5.32 Å². The molecule has 0 saturated heterocycles. The summed E-state index contributed by atoms with van der Waals surface area (Å²) >= 11 is 0. The second-order valence-corrected chi connectivity index (χ2v) is 5.38. The van der Waals surface area contributed by atoms with E-state index in [4.69, 9.17) is 4.98 Å². The predicted molar refractivity (Wildman–Crippen MR) is 93.6 cm³/mol. The molecule has 0 aliphatic carbocycles. The van der Waals surface area contributed by atoms with Gasteiger partial charge >= 0.3 is 0 Å². The molecule has 110 valence electrons. The van der Waals surface area contributed by atoms with Crippen molar-refractivity contribution in [3.63, 3.8) is 0 Å². The average Bonchev–Trinajstić information content (AvgIpc) is 2.61. The number of fused-ring (bicyclic) bond motifs is 2. The molecule has 0 saturated carbocycles. The van der Waals surface area contributed by atoms with E-state index >= 15 is 0 Å². The Bertz CT molecular complexity index is 1010. The first-order chi connectivity index (χ1) is 11.3. The van der Waals surface area contributed by atoms with Gasteiger partial charge in [-0.05, 0) is 30.3 Å². The molecule has 4 aromatic rings. The van der Waals surface area contributed by atoms with Crippen LogP contribution >= 0.6 is 0 Å². The number of amides is 1. The van der Waals surface area contributed by atoms with E-state index < -0.39 is 0 Å². The number of pyridine rings is 1. The lowest BCUT2D eigenvalue weighted by molar-refractivity contribution is 0.102. The fourth-order valence-electron chi connectivity index (χ4n) is 2.69. The number of carbonyl (C=O) groups is 1. The van der Waals surface area contributed by atoms with Crippen molar-refractivity contribution in [1.29, 1.82) is 0 Å². The largest absolute Gasteiger partial charge is 0.320 e. The first kappa shape index (κ1) is 13.5. The zero-order chi connectivity index (χ0) is 15.6. The number of aromatic nitrogens is 1. The molecular weight excluding hydrogens is 284 g/mol. The molecular formula is C20H14N2O. The maximum atomic E-state index is 12.4. The Kier molecular flexibility index (Phi) is 3.24. The minimum atomic E-state index is -0.131. The van der Waals surface area contributed by atoms with Crippen LogP contribution in [-0.4, -0.2) is 10.9 Å². The van der Waals surface area contributed by atoms with Crippen LogP contribution in [0, 0.1) is 0 Å². The van der Waals surface area contributed by atoms with Crippen LogP contribution in [0.3, 0.4) is 0 Å². The molecule has 3 nitrogen and oxygen atoms in total. The van der Waals surface area contributed by atoms with Gasteiger partial charge in [-0.1, -0.05) is 48.5 Å². The van der Waals surface area contributed by atoms with Crippen LogP contribution < -0.4 is 5.32 Å². The van der Waals surface area contributed by atoms with Gasteiger partial charge in [0.15, 0.2) is 0 Å². The number of para-hydroxylation sites is 2. The van der Waals surface area contributed by atoms with E-state index in [2.05, 4.69) is 11.4 Å². The van der Waals surface area contributed by atoms with Gasteiger partial charge in [-0.15, -0.1) is 0 Å². The summed E-state index contributed by atoms with van der Waals surface area (Å²) < 4.78 is 0. The van der Waals surface area contributed by atoms with Gasteiger partial charge in [-0.25, -0.2) is 4.98 Å². The highest BCUT2D eigenvalue weighted by atomic mass is 16.1. The van der Waals surface area contributed by atoms with Gasteiger partial charge in [0.25, 0.3) is 5.91 Å². The lowest BCUT2D eigenvalue weighted by atomic mass is 10.1. The summed E-state index contributed by atoms with van der Waals surface area (Å²) in [6.07, 6.45) is 0. The normalized spacial score (nSPS) is 10.8. The predicted octanol–water partition coefficient (Wildman–Crippen LogP) is 4.64. The molecule has 1 N–H and O–H groups in total. The van der Waals surface area contributed by atoms with Crippen LogP contribution in [-0.2, 0) is 0 Å². The monoisotopic (exact) mass is 298 g/mol. The van der Waals surface area contributed by atoms with Crippen LogP contribution in [0.4, 0.5) is 5.69 Å². The number of nitrogens with zero attached hydrogens (tertiary/aromatic N) is 1. The second kappa shape index (κ2) is 5.54. The number of anilines is 1. The van der Waals surface area contributed by atoms with E-state index in [-0.39, 0.29) is 5.91 Å². The average molecular weight is 298 g/mol. The highest BCUT2D eigenvalue weighted by Crippen LogP contribution is 2.25. The molecule has 3 heteroatoms. The standard InChI is InChI=1S/C20H14N2O/c23-20(14-7-2-1-3-8-14)22-18-12-6-10-16-13-15-9-4-5-11-17(15)21-19(16)18/h1-13H,(H,22,23). The fraction of sp³-hybridized carbons (Fsp3) is 0. The lowest BCUT2D eigenvalue weighted by Gasteiger charge is -2.09. The highest BCUT2D eigenvalue weighted by molar-refractivity contribution is 6.09. The molecule has 1 heterocycles. The van der Waals surface area contributed by atoms with Crippen LogP contribution in [0.2, 0.25) is 0 Å². The molecule has 23 heavy (non-hydrogen) atoms. The summed E-state index contributed by atoms with van der Waals surface area (Å²) in [4.78, 5) is 17.1. The van der Waals surface area contributed by atoms with Crippen LogP contribution in [0.15, 0.2) is 78.9 Å². The molecule has 0 fully saturated rings. The van der Waals surface area contributed by atoms with E-state index in [1.807, 2.05) is 60.7 Å². The molecule has 0 aliphatic heterocycles. The van der Waals surface area contributed by atoms with E-state index in [1.165, 1.54) is 0 Å². The minimum Gasteiger partial charge on any atom is -0.320 e. The Labute approximate surface area is 133 Å². The van der Waals surface area contributed by atoms with E-state index in [0.29, 0.717) is 5.56 Å². The Morgan fingerprint density at radius 3 is 2.39 bits per heavy atom. The zero-order valence-corrected chi connectivity index (χ0v) is 12.4. The summed E-state index contributed by atoms with van der Waals surface area (Å²) in [7, 11) is 0. The Morgan fingerprint density at radius 1 is 0.783 bits per heavy atom. The maximum absolute atomic E-state index is 12.4. The highest BCUT2D eigenvalue weighted by Gasteiger charge is 2.09. The zero-order valence-electron chi connectivity index (χ0n) is 12.4. The first-order valence-corrected chi connectivity index (χ1v) is 7.46. The third-order valence-corrected chi connectivity index (χ3v) is 3.83. The molecule has 1 amide bonds. The maximum Gasteiger partial charge on any atom is 0.255 e. The smallest absolute Gasteiger partial charge is 0.255 e. The van der Waals surface area contributed by atoms with E-state index in [1.54, 1.807) is 12.1 Å². The number of rotatable bonds is 2. The van der Waals surface area contributed by atoms with Gasteiger partial charge in [-0.3, -0.25) is 4.79 Å². The summed E-state index contributed by atoms with van der Waals surface area (Å²) in [6, 6.07) is 25.1. The molecule has 3 aromatic carbocycles. The third-order valence-electron chi connectivity index (χ3n) is 3.83. The van der Waals surface area contributed by atoms with Crippen molar-refractivity contribution in [3.05, 3.63) is 84.4 Å². The van der Waals surface area contributed by atoms with Crippen LogP contribution in [0.1, 0.15) is 10.4 Å². The number of benzene rings is 3. The Balaban J connectivity index is 1.80. The fourth-order valence-corrected chi connectivity index (χ4v) is 2.69. The number of nitrogens with one attached hydrogen (secondary N) is 1. The lowest BCUT2D eigenvalue weighted by Crippen LogP contribution is -2.12. The van der Waals surface area contributed by atoms with Crippen LogP contribution in [0.25, 0.3) is 21.8 Å². The minimum absolute atomic E-state index is 0.131. The number of hydrogen-bond donors (Lipinski definition) is 1. The molecule has 0 bridgehead atoms. The van der Waals surface area contributed by atoms with Gasteiger partial charge in [0.2, 0.25) is 0 Å². The molecule has 0 aliphatic rings. The van der Waals surface area contributed by atoms with Gasteiger partial charge in [-0.2, -0.15) is 0 Å². The summed E-state index contributed by atoms with van der Waals surface area (Å²) in [6.45, 7) is 0. The quantitative estimate of drug-likeness (QED) is 0.548. The van der Waals surface area contributed by atoms with Gasteiger partial charge in [0.05, 0.1) is 16.7 Å². The van der Waals surface area contributed by atoms with E-state index in [9.17, 15) is 4.79 Å². The second-order valence-electron chi connectivity index (χ2n) is 5.38. The van der Waals surface area contributed by atoms with Crippen molar-refractivity contribution in [3.8, 4) is 0 Å². The van der Waals surface area contributed by atoms with Crippen LogP contribution in [0.5, 0.6) is 0 Å². The van der Waals surface area contributed by atoms with Gasteiger partial charge in [0, 0.05) is 16.3 Å². The van der Waals surface area contributed by atoms with Crippen molar-refractivity contribution >= 4 is 33.4 Å². The topological polar surface area (TPSA) is 42.0 Å². The molecule has 1 aromatic heterocycles. The summed E-state index contributed by atoms with van der Waals surface area (Å²) in [5.41, 5.74) is 3.07. The summed E-state index contributed by atoms with van der Waals surface area (Å²) in [5.74, 6) is -0.131. The Morgan fingerprint density at radius 2 is 1.52 bits per heavy atom. The molecule has 0 radical (unpaired) electrons. The third kappa shape index (κ3) is 2.53. The molecule has 0 spiro atoms. The number of carbonyl (C=O) groups excluding carboxylic acids is 1. The van der Waals surface area contributed by atoms with Crippen molar-refractivity contribution in [2.24, 2.45) is 0 Å². The van der Waals surface area contributed by atoms with Gasteiger partial charge < -0.3 is 5.32 Å². The van der Waals surface area contributed by atoms with Gasteiger partial charge in [0.1, 0.15) is 0 Å². The first-order valence-electron chi connectivity index (χ1n) is 7.46.